The molecule has 1 heteroatoms. The van der Waals surface area contributed by atoms with Gasteiger partial charge in [0.25, 0.3) is 0 Å². The van der Waals surface area contributed by atoms with Crippen molar-refractivity contribution < 1.29 is 0 Å². The van der Waals surface area contributed by atoms with E-state index in [9.17, 15) is 0 Å². The van der Waals surface area contributed by atoms with Gasteiger partial charge in [-0.05, 0) is 61.7 Å². The predicted octanol–water partition coefficient (Wildman–Crippen LogP) is 5.30. The van der Waals surface area contributed by atoms with E-state index in [0.29, 0.717) is 5.41 Å². The van der Waals surface area contributed by atoms with Crippen molar-refractivity contribution in [3.8, 4) is 0 Å². The molecule has 0 saturated heterocycles. The summed E-state index contributed by atoms with van der Waals surface area (Å²) < 4.78 is 0. The molecule has 1 nitrogen and oxygen atoms in total. The number of hydrogen-bond acceptors (Lipinski definition) is 1. The van der Waals surface area contributed by atoms with Gasteiger partial charge in [0.05, 0.1) is 0 Å². The minimum atomic E-state index is 0.652. The van der Waals surface area contributed by atoms with Crippen molar-refractivity contribution in [3.05, 3.63) is 0 Å². The largest absolute Gasteiger partial charge is 0.313 e. The maximum atomic E-state index is 4.07. The summed E-state index contributed by atoms with van der Waals surface area (Å²) in [4.78, 5) is 0. The third kappa shape index (κ3) is 2.93. The second-order valence-corrected chi connectivity index (χ2v) is 8.70. The zero-order valence-electron chi connectivity index (χ0n) is 13.8. The Kier molecular flexibility index (Phi) is 4.45. The quantitative estimate of drug-likeness (QED) is 0.719. The van der Waals surface area contributed by atoms with E-state index in [2.05, 4.69) is 19.2 Å². The Morgan fingerprint density at radius 1 is 0.900 bits per heavy atom. The Bertz CT molecular complexity index is 308. The molecule has 0 heterocycles. The zero-order chi connectivity index (χ0) is 14.1. The van der Waals surface area contributed by atoms with Crippen molar-refractivity contribution in [3.63, 3.8) is 0 Å². The molecular formula is C19H35N. The van der Waals surface area contributed by atoms with Crippen LogP contribution in [0.5, 0.6) is 0 Å². The van der Waals surface area contributed by atoms with Crippen LogP contribution in [0.3, 0.4) is 0 Å². The summed E-state index contributed by atoms with van der Waals surface area (Å²) in [5.74, 6) is 0.861. The summed E-state index contributed by atoms with van der Waals surface area (Å²) >= 11 is 0. The molecule has 0 bridgehead atoms. The average molecular weight is 277 g/mol. The molecule has 0 aliphatic heterocycles. The average Bonchev–Trinajstić information content (AvgIpc) is 2.86. The Morgan fingerprint density at radius 3 is 2.10 bits per heavy atom. The van der Waals surface area contributed by atoms with Gasteiger partial charge < -0.3 is 5.32 Å². The van der Waals surface area contributed by atoms with Crippen molar-refractivity contribution in [2.75, 3.05) is 6.54 Å². The van der Waals surface area contributed by atoms with Gasteiger partial charge in [0.1, 0.15) is 0 Å². The molecule has 0 aromatic carbocycles. The van der Waals surface area contributed by atoms with Gasteiger partial charge in [-0.1, -0.05) is 46.0 Å². The van der Waals surface area contributed by atoms with Crippen molar-refractivity contribution in [1.29, 1.82) is 0 Å². The van der Waals surface area contributed by atoms with Crippen LogP contribution in [-0.4, -0.2) is 12.6 Å². The Labute approximate surface area is 126 Å². The smallest absolute Gasteiger partial charge is 0.0124 e. The van der Waals surface area contributed by atoms with E-state index in [-0.39, 0.29) is 0 Å². The highest BCUT2D eigenvalue weighted by atomic mass is 15.0. The fourth-order valence-electron chi connectivity index (χ4n) is 5.65. The predicted molar refractivity (Wildman–Crippen MR) is 86.9 cm³/mol. The maximum Gasteiger partial charge on any atom is 0.0124 e. The first kappa shape index (κ1) is 14.9. The summed E-state index contributed by atoms with van der Waals surface area (Å²) in [5.41, 5.74) is 1.38. The molecule has 20 heavy (non-hydrogen) atoms. The molecule has 0 aromatic heterocycles. The van der Waals surface area contributed by atoms with E-state index >= 15 is 0 Å². The van der Waals surface area contributed by atoms with Crippen LogP contribution in [-0.2, 0) is 0 Å². The molecule has 1 unspecified atom stereocenters. The van der Waals surface area contributed by atoms with Crippen LogP contribution in [0.1, 0.15) is 90.9 Å². The number of rotatable bonds is 5. The topological polar surface area (TPSA) is 12.0 Å². The summed E-state index contributed by atoms with van der Waals surface area (Å²) in [5, 5.41) is 4.07. The molecule has 3 rings (SSSR count). The molecular weight excluding hydrogens is 242 g/mol. The van der Waals surface area contributed by atoms with E-state index < -0.39 is 0 Å². The van der Waals surface area contributed by atoms with E-state index in [0.717, 1.165) is 17.4 Å². The molecule has 1 atom stereocenters. The molecule has 3 aliphatic rings. The van der Waals surface area contributed by atoms with Crippen LogP contribution in [0.4, 0.5) is 0 Å². The lowest BCUT2D eigenvalue weighted by Gasteiger charge is -2.53. The van der Waals surface area contributed by atoms with Crippen molar-refractivity contribution in [2.45, 2.75) is 96.9 Å². The van der Waals surface area contributed by atoms with E-state index in [4.69, 9.17) is 0 Å². The van der Waals surface area contributed by atoms with Gasteiger partial charge in [-0.25, -0.2) is 0 Å². The van der Waals surface area contributed by atoms with Crippen LogP contribution in [0.25, 0.3) is 0 Å². The molecule has 1 spiro atoms. The monoisotopic (exact) mass is 277 g/mol. The number of hydrogen-bond donors (Lipinski definition) is 1. The first-order chi connectivity index (χ1) is 9.64. The SMILES string of the molecule is CC(C)CC1(CNC2CCC23CCCCC3)CCCC1. The lowest BCUT2D eigenvalue weighted by atomic mass is 9.57. The fourth-order valence-corrected chi connectivity index (χ4v) is 5.65. The van der Waals surface area contributed by atoms with E-state index in [1.165, 1.54) is 83.6 Å². The van der Waals surface area contributed by atoms with Crippen LogP contribution in [0.2, 0.25) is 0 Å². The Morgan fingerprint density at radius 2 is 1.55 bits per heavy atom. The molecule has 3 aliphatic carbocycles. The van der Waals surface area contributed by atoms with Crippen LogP contribution in [0.15, 0.2) is 0 Å². The highest BCUT2D eigenvalue weighted by Gasteiger charge is 2.47. The first-order valence-corrected chi connectivity index (χ1v) is 9.38. The van der Waals surface area contributed by atoms with Crippen molar-refractivity contribution in [1.82, 2.24) is 5.32 Å². The van der Waals surface area contributed by atoms with Crippen molar-refractivity contribution in [2.24, 2.45) is 16.7 Å². The minimum Gasteiger partial charge on any atom is -0.313 e. The van der Waals surface area contributed by atoms with E-state index in [1.807, 2.05) is 0 Å². The van der Waals surface area contributed by atoms with Crippen LogP contribution in [0, 0.1) is 16.7 Å². The third-order valence-electron chi connectivity index (χ3n) is 6.75. The molecule has 0 amide bonds. The molecule has 3 fully saturated rings. The van der Waals surface area contributed by atoms with Gasteiger partial charge in [-0.15, -0.1) is 0 Å². The maximum absolute atomic E-state index is 4.07. The highest BCUT2D eigenvalue weighted by Crippen LogP contribution is 2.52. The van der Waals surface area contributed by atoms with E-state index in [1.54, 1.807) is 0 Å². The lowest BCUT2D eigenvalue weighted by Crippen LogP contribution is -2.56. The van der Waals surface area contributed by atoms with Crippen LogP contribution < -0.4 is 5.32 Å². The first-order valence-electron chi connectivity index (χ1n) is 9.38. The summed E-state index contributed by atoms with van der Waals surface area (Å²) in [6, 6.07) is 0.868. The van der Waals surface area contributed by atoms with Gasteiger partial charge in [-0.2, -0.15) is 0 Å². The van der Waals surface area contributed by atoms with Crippen LogP contribution >= 0.6 is 0 Å². The molecule has 0 radical (unpaired) electrons. The second kappa shape index (κ2) is 5.99. The Balaban J connectivity index is 1.55. The highest BCUT2D eigenvalue weighted by molar-refractivity contribution is 5.02. The molecule has 116 valence electrons. The lowest BCUT2D eigenvalue weighted by molar-refractivity contribution is 0.0149. The normalized spacial score (nSPS) is 31.6. The van der Waals surface area contributed by atoms with Gasteiger partial charge in [0.15, 0.2) is 0 Å². The van der Waals surface area contributed by atoms with Gasteiger partial charge in [0.2, 0.25) is 0 Å². The minimum absolute atomic E-state index is 0.652. The van der Waals surface area contributed by atoms with Gasteiger partial charge in [-0.3, -0.25) is 0 Å². The third-order valence-corrected chi connectivity index (χ3v) is 6.75. The van der Waals surface area contributed by atoms with Crippen molar-refractivity contribution >= 4 is 0 Å². The summed E-state index contributed by atoms with van der Waals surface area (Å²) in [7, 11) is 0. The molecule has 1 N–H and O–H groups in total. The number of nitrogens with one attached hydrogen (secondary N) is 1. The Hall–Kier alpha value is -0.0400. The van der Waals surface area contributed by atoms with Gasteiger partial charge >= 0.3 is 0 Å². The fraction of sp³-hybridized carbons (Fsp3) is 1.00. The zero-order valence-corrected chi connectivity index (χ0v) is 13.8. The molecule has 0 aromatic rings. The standard InChI is InChI=1S/C19H35N/c1-16(2)14-18(9-6-7-10-18)15-20-17-8-13-19(17)11-4-3-5-12-19/h16-17,20H,3-15H2,1-2H3. The molecule has 3 saturated carbocycles. The second-order valence-electron chi connectivity index (χ2n) is 8.70. The summed E-state index contributed by atoms with van der Waals surface area (Å²) in [6.07, 6.45) is 17.9. The summed E-state index contributed by atoms with van der Waals surface area (Å²) in [6.45, 7) is 6.13. The van der Waals surface area contributed by atoms with Gasteiger partial charge in [0, 0.05) is 12.6 Å².